The minimum atomic E-state index is -0.608. The molecule has 0 unspecified atom stereocenters. The number of imidazole rings is 1. The SMILES string of the molecule is CCCc1cn2cc(C)cc(OCc3c(F)cccc3F)c2n1. The first kappa shape index (κ1) is 15.5. The molecule has 3 nitrogen and oxygen atoms in total. The van der Waals surface area contributed by atoms with Gasteiger partial charge in [0.1, 0.15) is 18.2 Å². The van der Waals surface area contributed by atoms with E-state index in [1.54, 1.807) is 0 Å². The highest BCUT2D eigenvalue weighted by molar-refractivity contribution is 5.56. The fraction of sp³-hybridized carbons (Fsp3) is 0.278. The molecule has 5 heteroatoms. The maximum atomic E-state index is 13.7. The van der Waals surface area contributed by atoms with E-state index in [9.17, 15) is 8.78 Å². The first-order valence-electron chi connectivity index (χ1n) is 7.62. The second-order valence-electron chi connectivity index (χ2n) is 5.58. The van der Waals surface area contributed by atoms with E-state index in [1.165, 1.54) is 18.2 Å². The molecule has 0 bridgehead atoms. The van der Waals surface area contributed by atoms with Crippen molar-refractivity contribution < 1.29 is 13.5 Å². The van der Waals surface area contributed by atoms with Gasteiger partial charge in [-0.25, -0.2) is 13.8 Å². The zero-order valence-electron chi connectivity index (χ0n) is 13.1. The van der Waals surface area contributed by atoms with Gasteiger partial charge in [0.25, 0.3) is 0 Å². The van der Waals surface area contributed by atoms with E-state index in [0.29, 0.717) is 11.4 Å². The fourth-order valence-electron chi connectivity index (χ4n) is 2.56. The molecule has 0 spiro atoms. The highest BCUT2D eigenvalue weighted by atomic mass is 19.1. The zero-order valence-corrected chi connectivity index (χ0v) is 13.1. The Morgan fingerprint density at radius 2 is 1.91 bits per heavy atom. The van der Waals surface area contributed by atoms with E-state index in [4.69, 9.17) is 4.74 Å². The monoisotopic (exact) mass is 316 g/mol. The minimum absolute atomic E-state index is 0.0764. The Balaban J connectivity index is 1.93. The number of fused-ring (bicyclic) bond motifs is 1. The van der Waals surface area contributed by atoms with Crippen LogP contribution in [0.25, 0.3) is 5.65 Å². The summed E-state index contributed by atoms with van der Waals surface area (Å²) in [5.74, 6) is -0.692. The Hall–Kier alpha value is -2.43. The summed E-state index contributed by atoms with van der Waals surface area (Å²) in [5, 5.41) is 0. The number of ether oxygens (including phenoxy) is 1. The van der Waals surface area contributed by atoms with Crippen LogP contribution in [0.3, 0.4) is 0 Å². The van der Waals surface area contributed by atoms with Crippen molar-refractivity contribution >= 4 is 5.65 Å². The van der Waals surface area contributed by atoms with Crippen LogP contribution < -0.4 is 4.74 Å². The van der Waals surface area contributed by atoms with Crippen LogP contribution in [0.15, 0.2) is 36.7 Å². The lowest BCUT2D eigenvalue weighted by Gasteiger charge is -2.10. The molecule has 0 amide bonds. The lowest BCUT2D eigenvalue weighted by molar-refractivity contribution is 0.294. The maximum absolute atomic E-state index is 13.7. The largest absolute Gasteiger partial charge is 0.485 e. The molecule has 3 aromatic rings. The first-order valence-corrected chi connectivity index (χ1v) is 7.62. The summed E-state index contributed by atoms with van der Waals surface area (Å²) in [5.41, 5.74) is 2.55. The third-order valence-corrected chi connectivity index (χ3v) is 3.64. The lowest BCUT2D eigenvalue weighted by Crippen LogP contribution is -2.03. The highest BCUT2D eigenvalue weighted by Gasteiger charge is 2.12. The second kappa shape index (κ2) is 6.36. The Morgan fingerprint density at radius 1 is 1.17 bits per heavy atom. The molecule has 1 aromatic carbocycles. The summed E-state index contributed by atoms with van der Waals surface area (Å²) in [6.45, 7) is 3.86. The number of nitrogens with zero attached hydrogens (tertiary/aromatic N) is 2. The molecule has 0 aliphatic carbocycles. The predicted molar refractivity (Wildman–Crippen MR) is 84.6 cm³/mol. The van der Waals surface area contributed by atoms with E-state index in [-0.39, 0.29) is 12.2 Å². The lowest BCUT2D eigenvalue weighted by atomic mass is 10.2. The molecule has 0 saturated carbocycles. The van der Waals surface area contributed by atoms with Gasteiger partial charge in [-0.05, 0) is 37.1 Å². The van der Waals surface area contributed by atoms with Gasteiger partial charge < -0.3 is 9.14 Å². The Morgan fingerprint density at radius 3 is 2.61 bits per heavy atom. The van der Waals surface area contributed by atoms with E-state index in [1.807, 2.05) is 29.8 Å². The van der Waals surface area contributed by atoms with Gasteiger partial charge in [-0.1, -0.05) is 19.4 Å². The standard InChI is InChI=1S/C18H18F2N2O/c1-3-5-13-10-22-9-12(2)8-17(18(22)21-13)23-11-14-15(19)6-4-7-16(14)20/h4,6-10H,3,5,11H2,1-2H3. The molecule has 23 heavy (non-hydrogen) atoms. The van der Waals surface area contributed by atoms with Crippen LogP contribution in [0.1, 0.15) is 30.2 Å². The zero-order chi connectivity index (χ0) is 16.4. The quantitative estimate of drug-likeness (QED) is 0.695. The average Bonchev–Trinajstić information content (AvgIpc) is 2.89. The molecule has 0 aliphatic rings. The summed E-state index contributed by atoms with van der Waals surface area (Å²) in [6.07, 6.45) is 5.79. The summed E-state index contributed by atoms with van der Waals surface area (Å²) >= 11 is 0. The van der Waals surface area contributed by atoms with Gasteiger partial charge in [0, 0.05) is 12.4 Å². The third kappa shape index (κ3) is 3.18. The Kier molecular flexibility index (Phi) is 4.28. The molecule has 3 rings (SSSR count). The number of hydrogen-bond donors (Lipinski definition) is 0. The average molecular weight is 316 g/mol. The molecular formula is C18H18F2N2O. The molecule has 0 atom stereocenters. The van der Waals surface area contributed by atoms with Crippen molar-refractivity contribution in [3.8, 4) is 5.75 Å². The summed E-state index contributed by atoms with van der Waals surface area (Å²) in [7, 11) is 0. The number of benzene rings is 1. The Labute approximate surface area is 133 Å². The molecule has 0 N–H and O–H groups in total. The van der Waals surface area contributed by atoms with Gasteiger partial charge in [0.2, 0.25) is 0 Å². The molecule has 0 saturated heterocycles. The molecular weight excluding hydrogens is 298 g/mol. The Bertz CT molecular complexity index is 822. The first-order chi connectivity index (χ1) is 11.1. The number of halogens is 2. The van der Waals surface area contributed by atoms with Gasteiger partial charge in [-0.2, -0.15) is 0 Å². The molecule has 2 heterocycles. The maximum Gasteiger partial charge on any atom is 0.179 e. The van der Waals surface area contributed by atoms with E-state index in [2.05, 4.69) is 11.9 Å². The van der Waals surface area contributed by atoms with Crippen LogP contribution in [0.5, 0.6) is 5.75 Å². The van der Waals surface area contributed by atoms with Crippen molar-refractivity contribution in [2.45, 2.75) is 33.3 Å². The molecule has 0 radical (unpaired) electrons. The molecule has 2 aromatic heterocycles. The predicted octanol–water partition coefficient (Wildman–Crippen LogP) is 4.45. The number of aryl methyl sites for hydroxylation is 2. The van der Waals surface area contributed by atoms with E-state index < -0.39 is 11.6 Å². The van der Waals surface area contributed by atoms with Crippen molar-refractivity contribution in [3.05, 3.63) is 65.1 Å². The van der Waals surface area contributed by atoms with Crippen molar-refractivity contribution in [3.63, 3.8) is 0 Å². The van der Waals surface area contributed by atoms with Gasteiger partial charge in [-0.3, -0.25) is 0 Å². The van der Waals surface area contributed by atoms with Gasteiger partial charge in [-0.15, -0.1) is 0 Å². The van der Waals surface area contributed by atoms with Crippen molar-refractivity contribution in [2.24, 2.45) is 0 Å². The third-order valence-electron chi connectivity index (χ3n) is 3.64. The molecule has 0 aliphatic heterocycles. The molecule has 0 fully saturated rings. The number of rotatable bonds is 5. The van der Waals surface area contributed by atoms with Crippen molar-refractivity contribution in [2.75, 3.05) is 0 Å². The van der Waals surface area contributed by atoms with Crippen LogP contribution in [-0.4, -0.2) is 9.38 Å². The van der Waals surface area contributed by atoms with Crippen LogP contribution in [-0.2, 0) is 13.0 Å². The normalized spacial score (nSPS) is 11.1. The summed E-state index contributed by atoms with van der Waals surface area (Å²) in [6, 6.07) is 5.62. The van der Waals surface area contributed by atoms with E-state index >= 15 is 0 Å². The number of pyridine rings is 1. The summed E-state index contributed by atoms with van der Waals surface area (Å²) < 4.78 is 35.0. The van der Waals surface area contributed by atoms with Gasteiger partial charge in [0.05, 0.1) is 11.3 Å². The smallest absolute Gasteiger partial charge is 0.179 e. The van der Waals surface area contributed by atoms with E-state index in [0.717, 1.165) is 24.1 Å². The van der Waals surface area contributed by atoms with Crippen molar-refractivity contribution in [1.29, 1.82) is 0 Å². The number of hydrogen-bond acceptors (Lipinski definition) is 2. The van der Waals surface area contributed by atoms with Gasteiger partial charge >= 0.3 is 0 Å². The second-order valence-corrected chi connectivity index (χ2v) is 5.58. The van der Waals surface area contributed by atoms with Gasteiger partial charge in [0.15, 0.2) is 11.4 Å². The van der Waals surface area contributed by atoms with Crippen LogP contribution in [0.4, 0.5) is 8.78 Å². The topological polar surface area (TPSA) is 26.5 Å². The fourth-order valence-corrected chi connectivity index (χ4v) is 2.56. The molecule has 120 valence electrons. The van der Waals surface area contributed by atoms with Crippen LogP contribution >= 0.6 is 0 Å². The summed E-state index contributed by atoms with van der Waals surface area (Å²) in [4.78, 5) is 4.55. The highest BCUT2D eigenvalue weighted by Crippen LogP contribution is 2.24. The van der Waals surface area contributed by atoms with Crippen LogP contribution in [0.2, 0.25) is 0 Å². The number of aromatic nitrogens is 2. The van der Waals surface area contributed by atoms with Crippen LogP contribution in [0, 0.1) is 18.6 Å². The van der Waals surface area contributed by atoms with Crippen molar-refractivity contribution in [1.82, 2.24) is 9.38 Å². The minimum Gasteiger partial charge on any atom is -0.485 e.